The highest BCUT2D eigenvalue weighted by Gasteiger charge is 2.28. The van der Waals surface area contributed by atoms with Crippen molar-refractivity contribution in [1.29, 1.82) is 0 Å². The highest BCUT2D eigenvalue weighted by atomic mass is 16.3. The Kier molecular flexibility index (Phi) is 4.56. The number of amides is 1. The summed E-state index contributed by atoms with van der Waals surface area (Å²) in [7, 11) is 1.91. The van der Waals surface area contributed by atoms with Gasteiger partial charge < -0.3 is 15.3 Å². The highest BCUT2D eigenvalue weighted by molar-refractivity contribution is 6.01. The average molecular weight is 262 g/mol. The molecule has 0 saturated carbocycles. The van der Waals surface area contributed by atoms with Crippen LogP contribution in [-0.2, 0) is 17.8 Å². The molecule has 4 nitrogen and oxygen atoms in total. The van der Waals surface area contributed by atoms with E-state index in [1.807, 2.05) is 24.9 Å². The number of nitrogens with zero attached hydrogens (tertiary/aromatic N) is 1. The predicted octanol–water partition coefficient (Wildman–Crippen LogP) is 1.31. The molecule has 1 atom stereocenters. The molecule has 0 aromatic heterocycles. The number of aliphatic hydroxyl groups excluding tert-OH is 1. The van der Waals surface area contributed by atoms with Crippen molar-refractivity contribution >= 4 is 11.6 Å². The van der Waals surface area contributed by atoms with E-state index in [0.717, 1.165) is 24.2 Å². The summed E-state index contributed by atoms with van der Waals surface area (Å²) in [5.41, 5.74) is 3.31. The Morgan fingerprint density at radius 2 is 2.26 bits per heavy atom. The summed E-state index contributed by atoms with van der Waals surface area (Å²) in [6.45, 7) is 3.60. The minimum atomic E-state index is 0.132. The molecule has 104 valence electrons. The van der Waals surface area contributed by atoms with Crippen molar-refractivity contribution in [3.8, 4) is 0 Å². The molecule has 1 unspecified atom stereocenters. The summed E-state index contributed by atoms with van der Waals surface area (Å²) in [5, 5.41) is 12.4. The molecule has 0 aliphatic carbocycles. The average Bonchev–Trinajstić information content (AvgIpc) is 2.71. The summed E-state index contributed by atoms with van der Waals surface area (Å²) in [5.74, 6) is 0.301. The van der Waals surface area contributed by atoms with Crippen LogP contribution in [0, 0.1) is 5.92 Å². The summed E-state index contributed by atoms with van der Waals surface area (Å²) in [6, 6.07) is 6.18. The monoisotopic (exact) mass is 262 g/mol. The molecule has 1 amide bonds. The lowest BCUT2D eigenvalue weighted by Gasteiger charge is -2.22. The Labute approximate surface area is 114 Å². The van der Waals surface area contributed by atoms with Crippen LogP contribution in [0.4, 0.5) is 5.69 Å². The van der Waals surface area contributed by atoms with Crippen molar-refractivity contribution < 1.29 is 9.90 Å². The second-order valence-corrected chi connectivity index (χ2v) is 5.13. The molecular formula is C15H22N2O2. The van der Waals surface area contributed by atoms with Gasteiger partial charge in [0.25, 0.3) is 0 Å². The van der Waals surface area contributed by atoms with Crippen molar-refractivity contribution in [3.63, 3.8) is 0 Å². The third-order valence-electron chi connectivity index (χ3n) is 3.73. The van der Waals surface area contributed by atoms with Crippen LogP contribution in [0.2, 0.25) is 0 Å². The summed E-state index contributed by atoms with van der Waals surface area (Å²) < 4.78 is 0. The van der Waals surface area contributed by atoms with Gasteiger partial charge in [0.15, 0.2) is 0 Å². The van der Waals surface area contributed by atoms with Crippen molar-refractivity contribution in [2.45, 2.75) is 26.3 Å². The van der Waals surface area contributed by atoms with E-state index >= 15 is 0 Å². The lowest BCUT2D eigenvalue weighted by atomic mass is 10.1. The van der Waals surface area contributed by atoms with E-state index in [1.54, 1.807) is 0 Å². The molecule has 4 heteroatoms. The zero-order chi connectivity index (χ0) is 13.8. The Hall–Kier alpha value is -1.39. The highest BCUT2D eigenvalue weighted by Crippen LogP contribution is 2.30. The predicted molar refractivity (Wildman–Crippen MR) is 76.1 cm³/mol. The number of anilines is 1. The number of carbonyl (C=O) groups is 1. The smallest absolute Gasteiger partial charge is 0.231 e. The second kappa shape index (κ2) is 6.17. The van der Waals surface area contributed by atoms with E-state index in [1.165, 1.54) is 5.56 Å². The molecule has 2 N–H and O–H groups in total. The molecular weight excluding hydrogens is 240 g/mol. The molecule has 0 saturated heterocycles. The van der Waals surface area contributed by atoms with Gasteiger partial charge in [-0.05, 0) is 36.6 Å². The van der Waals surface area contributed by atoms with Crippen LogP contribution in [0.5, 0.6) is 0 Å². The third-order valence-corrected chi connectivity index (χ3v) is 3.73. The van der Waals surface area contributed by atoms with Crippen LogP contribution in [0.3, 0.4) is 0 Å². The molecule has 0 bridgehead atoms. The maximum absolute atomic E-state index is 12.1. The van der Waals surface area contributed by atoms with Gasteiger partial charge in [-0.25, -0.2) is 0 Å². The van der Waals surface area contributed by atoms with Gasteiger partial charge in [0.2, 0.25) is 5.91 Å². The lowest BCUT2D eigenvalue weighted by molar-refractivity contribution is -0.117. The Bertz CT molecular complexity index is 455. The SMILES string of the molecule is CCC(CO)CN1C(=O)Cc2cc(CNC)ccc21. The first kappa shape index (κ1) is 14.0. The van der Waals surface area contributed by atoms with Gasteiger partial charge >= 0.3 is 0 Å². The largest absolute Gasteiger partial charge is 0.396 e. The molecule has 2 rings (SSSR count). The number of carbonyl (C=O) groups excluding carboxylic acids is 1. The topological polar surface area (TPSA) is 52.6 Å². The molecule has 1 aromatic carbocycles. The molecule has 1 aromatic rings. The number of benzene rings is 1. The molecule has 19 heavy (non-hydrogen) atoms. The van der Waals surface area contributed by atoms with Crippen LogP contribution in [-0.4, -0.2) is 31.2 Å². The fourth-order valence-corrected chi connectivity index (χ4v) is 2.52. The molecule has 1 aliphatic heterocycles. The van der Waals surface area contributed by atoms with Crippen LogP contribution < -0.4 is 10.2 Å². The Morgan fingerprint density at radius 3 is 2.89 bits per heavy atom. The maximum atomic E-state index is 12.1. The van der Waals surface area contributed by atoms with Crippen LogP contribution in [0.15, 0.2) is 18.2 Å². The second-order valence-electron chi connectivity index (χ2n) is 5.13. The number of aliphatic hydroxyl groups is 1. The van der Waals surface area contributed by atoms with Gasteiger partial charge in [0.1, 0.15) is 0 Å². The van der Waals surface area contributed by atoms with Crippen molar-refractivity contribution in [2.75, 3.05) is 25.1 Å². The van der Waals surface area contributed by atoms with Gasteiger partial charge in [-0.1, -0.05) is 19.1 Å². The normalized spacial score (nSPS) is 15.7. The van der Waals surface area contributed by atoms with Gasteiger partial charge in [0.05, 0.1) is 6.42 Å². The fourth-order valence-electron chi connectivity index (χ4n) is 2.52. The maximum Gasteiger partial charge on any atom is 0.231 e. The van der Waals surface area contributed by atoms with Crippen LogP contribution in [0.1, 0.15) is 24.5 Å². The number of hydrogen-bond acceptors (Lipinski definition) is 3. The van der Waals surface area contributed by atoms with Gasteiger partial charge in [-0.3, -0.25) is 4.79 Å². The van der Waals surface area contributed by atoms with Crippen LogP contribution >= 0.6 is 0 Å². The molecule has 1 aliphatic rings. The lowest BCUT2D eigenvalue weighted by Crippen LogP contribution is -2.33. The van der Waals surface area contributed by atoms with E-state index in [2.05, 4.69) is 17.4 Å². The van der Waals surface area contributed by atoms with E-state index in [9.17, 15) is 9.90 Å². The summed E-state index contributed by atoms with van der Waals surface area (Å²) in [4.78, 5) is 13.9. The zero-order valence-electron chi connectivity index (χ0n) is 11.6. The number of fused-ring (bicyclic) bond motifs is 1. The Morgan fingerprint density at radius 1 is 1.47 bits per heavy atom. The minimum Gasteiger partial charge on any atom is -0.396 e. The Balaban J connectivity index is 2.19. The van der Waals surface area contributed by atoms with E-state index in [0.29, 0.717) is 13.0 Å². The fraction of sp³-hybridized carbons (Fsp3) is 0.533. The van der Waals surface area contributed by atoms with Gasteiger partial charge in [-0.15, -0.1) is 0 Å². The molecule has 0 spiro atoms. The molecule has 0 radical (unpaired) electrons. The van der Waals surface area contributed by atoms with Gasteiger partial charge in [-0.2, -0.15) is 0 Å². The number of hydrogen-bond donors (Lipinski definition) is 2. The number of nitrogens with one attached hydrogen (secondary N) is 1. The first-order valence-electron chi connectivity index (χ1n) is 6.87. The van der Waals surface area contributed by atoms with E-state index < -0.39 is 0 Å². The quantitative estimate of drug-likeness (QED) is 0.813. The van der Waals surface area contributed by atoms with E-state index in [-0.39, 0.29) is 18.4 Å². The van der Waals surface area contributed by atoms with Crippen molar-refractivity contribution in [3.05, 3.63) is 29.3 Å². The van der Waals surface area contributed by atoms with Crippen molar-refractivity contribution in [2.24, 2.45) is 5.92 Å². The first-order chi connectivity index (χ1) is 9.19. The summed E-state index contributed by atoms with van der Waals surface area (Å²) in [6.07, 6.45) is 1.36. The molecule has 1 heterocycles. The number of rotatable bonds is 6. The zero-order valence-corrected chi connectivity index (χ0v) is 11.6. The summed E-state index contributed by atoms with van der Waals surface area (Å²) >= 11 is 0. The minimum absolute atomic E-state index is 0.132. The standard InChI is InChI=1S/C15H22N2O2/c1-3-11(10-18)9-17-14-5-4-12(8-16-2)6-13(14)7-15(17)19/h4-6,11,16,18H,3,7-10H2,1-2H3. The van der Waals surface area contributed by atoms with E-state index in [4.69, 9.17) is 0 Å². The first-order valence-corrected chi connectivity index (χ1v) is 6.87. The third kappa shape index (κ3) is 2.96. The van der Waals surface area contributed by atoms with Crippen molar-refractivity contribution in [1.82, 2.24) is 5.32 Å². The van der Waals surface area contributed by atoms with Gasteiger partial charge in [0, 0.05) is 25.4 Å². The molecule has 0 fully saturated rings. The van der Waals surface area contributed by atoms with Crippen LogP contribution in [0.25, 0.3) is 0 Å².